The first-order valence-corrected chi connectivity index (χ1v) is 22.1. The first-order chi connectivity index (χ1) is 34.0. The highest BCUT2D eigenvalue weighted by Gasteiger charge is 2.24. The van der Waals surface area contributed by atoms with E-state index >= 15 is 0 Å². The van der Waals surface area contributed by atoms with Gasteiger partial charge in [0, 0.05) is 38.6 Å². The summed E-state index contributed by atoms with van der Waals surface area (Å²) < 4.78 is 2.28. The van der Waals surface area contributed by atoms with Gasteiger partial charge in [0.1, 0.15) is 0 Å². The molecular weight excluding hydrogens is 845 g/mol. The fourth-order valence-electron chi connectivity index (χ4n) is 9.07. The van der Waals surface area contributed by atoms with Crippen molar-refractivity contribution >= 4 is 33.2 Å². The number of benzene rings is 9. The second kappa shape index (κ2) is 17.6. The molecule has 2 aromatic heterocycles. The third kappa shape index (κ3) is 7.59. The van der Waals surface area contributed by atoms with Gasteiger partial charge in [0.25, 0.3) is 0 Å². The quantitative estimate of drug-likeness (QED) is 0.142. The van der Waals surface area contributed by atoms with Crippen LogP contribution in [0, 0.1) is 35.8 Å². The molecule has 0 N–H and O–H groups in total. The fourth-order valence-corrected chi connectivity index (χ4v) is 9.07. The van der Waals surface area contributed by atoms with Crippen molar-refractivity contribution in [3.8, 4) is 96.5 Å². The van der Waals surface area contributed by atoms with Gasteiger partial charge in [-0.2, -0.15) is 10.5 Å². The molecule has 0 radical (unpaired) electrons. The van der Waals surface area contributed by atoms with Crippen LogP contribution in [0.15, 0.2) is 206 Å². The lowest BCUT2D eigenvalue weighted by molar-refractivity contribution is 1.07. The third-order valence-corrected chi connectivity index (χ3v) is 12.4. The number of para-hydroxylation sites is 1. The molecule has 0 aliphatic heterocycles. The summed E-state index contributed by atoms with van der Waals surface area (Å²) in [4.78, 5) is 22.9. The smallest absolute Gasteiger partial charge is 0.194 e. The average Bonchev–Trinajstić information content (AvgIpc) is 3.75. The van der Waals surface area contributed by atoms with E-state index in [0.717, 1.165) is 88.7 Å². The Kier molecular flexibility index (Phi) is 10.6. The van der Waals surface area contributed by atoms with E-state index in [1.54, 1.807) is 0 Å². The molecule has 11 rings (SSSR count). The number of rotatable bonds is 8. The Balaban J connectivity index is 1.27. The summed E-state index contributed by atoms with van der Waals surface area (Å²) in [5.74, 6) is 1.52. The van der Waals surface area contributed by atoms with Gasteiger partial charge in [-0.3, -0.25) is 0 Å². The van der Waals surface area contributed by atoms with Gasteiger partial charge in [0.2, 0.25) is 0 Å². The Morgan fingerprint density at radius 1 is 0.391 bits per heavy atom. The van der Waals surface area contributed by atoms with E-state index in [2.05, 4.69) is 74.9 Å². The van der Waals surface area contributed by atoms with Gasteiger partial charge >= 0.3 is 0 Å². The Bertz CT molecular complexity index is 3730. The average molecular weight is 879 g/mol. The van der Waals surface area contributed by atoms with E-state index in [0.29, 0.717) is 40.0 Å². The summed E-state index contributed by atoms with van der Waals surface area (Å²) in [6, 6.07) is 71.7. The first-order valence-electron chi connectivity index (χ1n) is 22.1. The van der Waals surface area contributed by atoms with Crippen molar-refractivity contribution in [3.05, 3.63) is 240 Å². The molecule has 69 heavy (non-hydrogen) atoms. The maximum atomic E-state index is 10.2. The fraction of sp³-hybridized carbons (Fsp3) is 0. The van der Waals surface area contributed by atoms with Crippen molar-refractivity contribution in [2.75, 3.05) is 0 Å². The second-order valence-electron chi connectivity index (χ2n) is 16.4. The molecule has 8 nitrogen and oxygen atoms in total. The Hall–Kier alpha value is -10.3. The molecule has 8 heteroatoms. The first kappa shape index (κ1) is 41.5. The van der Waals surface area contributed by atoms with Crippen molar-refractivity contribution in [1.82, 2.24) is 19.5 Å². The number of aromatic nitrogens is 4. The minimum Gasteiger partial charge on any atom is -0.308 e. The SMILES string of the molecule is [C-]#[N+]c1ccc(-c2cc(-c3nc(-c4ccccc4)nc(-c4ccccc4)n3)cc(-c3ccc(C#N)cc3)c2-n2c3ccc(-c4ccccc4C#N)cc3c3cc(-c4ccccc4[N+]#[C-])ccc32)cc1. The summed E-state index contributed by atoms with van der Waals surface area (Å²) in [6.45, 7) is 15.8. The third-order valence-electron chi connectivity index (χ3n) is 12.4. The Labute approximate surface area is 398 Å². The van der Waals surface area contributed by atoms with Crippen LogP contribution in [0.2, 0.25) is 0 Å². The van der Waals surface area contributed by atoms with Crippen molar-refractivity contribution in [2.45, 2.75) is 0 Å². The topological polar surface area (TPSA) is 99.9 Å². The molecule has 0 aliphatic carbocycles. The van der Waals surface area contributed by atoms with Crippen LogP contribution in [0.3, 0.4) is 0 Å². The van der Waals surface area contributed by atoms with Gasteiger partial charge < -0.3 is 4.57 Å². The second-order valence-corrected chi connectivity index (χ2v) is 16.4. The van der Waals surface area contributed by atoms with E-state index in [1.165, 1.54) is 0 Å². The number of hydrogen-bond acceptors (Lipinski definition) is 5. The minimum atomic E-state index is 0.467. The molecule has 0 unspecified atom stereocenters. The zero-order valence-corrected chi connectivity index (χ0v) is 36.7. The van der Waals surface area contributed by atoms with Gasteiger partial charge in [-0.05, 0) is 88.0 Å². The Morgan fingerprint density at radius 2 is 0.870 bits per heavy atom. The summed E-state index contributed by atoms with van der Waals surface area (Å²) in [5, 5.41) is 22.0. The molecule has 0 fully saturated rings. The Morgan fingerprint density at radius 3 is 1.41 bits per heavy atom. The lowest BCUT2D eigenvalue weighted by Crippen LogP contribution is -2.04. The molecule has 0 amide bonds. The van der Waals surface area contributed by atoms with Crippen LogP contribution >= 0.6 is 0 Å². The number of nitrogens with zero attached hydrogens (tertiary/aromatic N) is 8. The number of hydrogen-bond donors (Lipinski definition) is 0. The lowest BCUT2D eigenvalue weighted by Gasteiger charge is -2.21. The molecule has 9 aromatic carbocycles. The van der Waals surface area contributed by atoms with Crippen molar-refractivity contribution in [3.63, 3.8) is 0 Å². The van der Waals surface area contributed by atoms with E-state index in [-0.39, 0.29) is 0 Å². The van der Waals surface area contributed by atoms with Gasteiger partial charge in [-0.25, -0.2) is 24.6 Å². The van der Waals surface area contributed by atoms with Gasteiger partial charge in [-0.15, -0.1) is 0 Å². The van der Waals surface area contributed by atoms with Gasteiger partial charge in [-0.1, -0.05) is 152 Å². The van der Waals surface area contributed by atoms with Crippen LogP contribution in [0.5, 0.6) is 0 Å². The molecule has 318 valence electrons. The van der Waals surface area contributed by atoms with Gasteiger partial charge in [0.15, 0.2) is 28.8 Å². The van der Waals surface area contributed by atoms with Crippen LogP contribution in [-0.4, -0.2) is 19.5 Å². The predicted octanol–water partition coefficient (Wildman–Crippen LogP) is 15.5. The van der Waals surface area contributed by atoms with Crippen LogP contribution in [0.1, 0.15) is 11.1 Å². The maximum Gasteiger partial charge on any atom is 0.194 e. The maximum absolute atomic E-state index is 10.2. The summed E-state index contributed by atoms with van der Waals surface area (Å²) in [7, 11) is 0. The highest BCUT2D eigenvalue weighted by Crippen LogP contribution is 2.46. The molecule has 0 saturated carbocycles. The van der Waals surface area contributed by atoms with E-state index in [1.807, 2.05) is 158 Å². The van der Waals surface area contributed by atoms with Crippen LogP contribution in [0.4, 0.5) is 11.4 Å². The molecule has 0 bridgehead atoms. The lowest BCUT2D eigenvalue weighted by atomic mass is 9.92. The minimum absolute atomic E-state index is 0.467. The van der Waals surface area contributed by atoms with E-state index in [4.69, 9.17) is 28.1 Å². The number of fused-ring (bicyclic) bond motifs is 3. The molecule has 11 aromatic rings. The van der Waals surface area contributed by atoms with Gasteiger partial charge in [0.05, 0.1) is 53.1 Å². The summed E-state index contributed by atoms with van der Waals surface area (Å²) in [5.41, 5.74) is 14.0. The van der Waals surface area contributed by atoms with Crippen molar-refractivity contribution in [2.24, 2.45) is 0 Å². The predicted molar refractivity (Wildman–Crippen MR) is 274 cm³/mol. The zero-order valence-electron chi connectivity index (χ0n) is 36.7. The van der Waals surface area contributed by atoms with E-state index < -0.39 is 0 Å². The molecule has 0 spiro atoms. The highest BCUT2D eigenvalue weighted by molar-refractivity contribution is 6.13. The molecular formula is C61H34N8. The molecule has 2 heterocycles. The normalized spacial score (nSPS) is 10.8. The molecule has 0 saturated heterocycles. The monoisotopic (exact) mass is 878 g/mol. The standard InChI is InChI=1S/C61H34N8/c1-64-48-29-25-41(26-30-48)52-36-47(61-67-59(42-13-5-3-6-14-42)66-60(68-61)43-15-7-4-8-16-43)35-51(40-23-21-39(37-62)22-24-40)58(52)69-56-31-27-44(49-18-10-9-17-46(49)38-63)33-53(56)54-34-45(28-32-57(54)69)50-19-11-12-20-55(50)65-2/h3-36H. The zero-order chi connectivity index (χ0) is 46.8. The van der Waals surface area contributed by atoms with Crippen LogP contribution < -0.4 is 0 Å². The van der Waals surface area contributed by atoms with Crippen LogP contribution in [-0.2, 0) is 0 Å². The highest BCUT2D eigenvalue weighted by atomic mass is 15.0. The van der Waals surface area contributed by atoms with Crippen LogP contribution in [0.25, 0.3) is 116 Å². The summed E-state index contributed by atoms with van der Waals surface area (Å²) >= 11 is 0. The van der Waals surface area contributed by atoms with E-state index in [9.17, 15) is 10.5 Å². The van der Waals surface area contributed by atoms with Crippen molar-refractivity contribution in [1.29, 1.82) is 10.5 Å². The van der Waals surface area contributed by atoms with Crippen molar-refractivity contribution < 1.29 is 0 Å². The number of nitriles is 2. The molecule has 0 aliphatic rings. The molecule has 0 atom stereocenters. The largest absolute Gasteiger partial charge is 0.308 e. The summed E-state index contributed by atoms with van der Waals surface area (Å²) in [6.07, 6.45) is 0.